The molecule has 6 N–H and O–H groups in total. The third-order valence-corrected chi connectivity index (χ3v) is 9.23. The highest BCUT2D eigenvalue weighted by Crippen LogP contribution is 2.54. The molecule has 2 aromatic carbocycles. The van der Waals surface area contributed by atoms with Crippen LogP contribution in [-0.4, -0.2) is 75.6 Å². The molecule has 1 amide bonds. The first kappa shape index (κ1) is 30.3. The number of ketones is 2. The number of hydrogen-bond acceptors (Lipinski definition) is 9. The van der Waals surface area contributed by atoms with Crippen LogP contribution in [0.25, 0.3) is 16.9 Å². The van der Waals surface area contributed by atoms with Crippen LogP contribution in [0.2, 0.25) is 0 Å². The van der Waals surface area contributed by atoms with Crippen molar-refractivity contribution >= 4 is 23.2 Å². The van der Waals surface area contributed by atoms with Gasteiger partial charge in [0.1, 0.15) is 28.6 Å². The minimum atomic E-state index is -2.67. The fourth-order valence-corrected chi connectivity index (χ4v) is 7.20. The number of aliphatic hydroxyl groups excluding tert-OH is 2. The molecule has 0 aromatic heterocycles. The second kappa shape index (κ2) is 11.2. The van der Waals surface area contributed by atoms with E-state index >= 15 is 0 Å². The molecular formula is C33H38N2O8. The number of amides is 1. The fraction of sp³-hybridized carbons (Fsp3) is 0.424. The van der Waals surface area contributed by atoms with Gasteiger partial charge in [0.05, 0.1) is 18.7 Å². The van der Waals surface area contributed by atoms with E-state index in [1.54, 1.807) is 27.3 Å². The molecule has 5 rings (SSSR count). The quantitative estimate of drug-likeness (QED) is 0.228. The van der Waals surface area contributed by atoms with Crippen molar-refractivity contribution in [1.29, 1.82) is 0 Å². The van der Waals surface area contributed by atoms with E-state index in [1.165, 1.54) is 11.0 Å². The van der Waals surface area contributed by atoms with Crippen molar-refractivity contribution in [3.05, 3.63) is 63.9 Å². The number of unbranched alkanes of at least 4 members (excludes halogenated alkanes) is 2. The third kappa shape index (κ3) is 4.60. The zero-order valence-electron chi connectivity index (χ0n) is 24.8. The van der Waals surface area contributed by atoms with E-state index in [9.17, 15) is 34.8 Å². The first-order chi connectivity index (χ1) is 20.4. The Hall–Kier alpha value is -4.15. The van der Waals surface area contributed by atoms with Crippen LogP contribution in [0.5, 0.6) is 11.5 Å². The van der Waals surface area contributed by atoms with Gasteiger partial charge in [0, 0.05) is 17.1 Å². The van der Waals surface area contributed by atoms with Crippen molar-refractivity contribution in [2.24, 2.45) is 17.6 Å². The van der Waals surface area contributed by atoms with Crippen LogP contribution in [0, 0.1) is 11.8 Å². The van der Waals surface area contributed by atoms with Gasteiger partial charge < -0.3 is 30.9 Å². The highest BCUT2D eigenvalue weighted by molar-refractivity contribution is 6.24. The van der Waals surface area contributed by atoms with Gasteiger partial charge in [-0.3, -0.25) is 19.3 Å². The largest absolute Gasteiger partial charge is 0.508 e. The van der Waals surface area contributed by atoms with Gasteiger partial charge in [-0.2, -0.15) is 0 Å². The molecule has 0 saturated heterocycles. The lowest BCUT2D eigenvalue weighted by Gasteiger charge is -2.50. The lowest BCUT2D eigenvalue weighted by atomic mass is 9.57. The zero-order valence-corrected chi connectivity index (χ0v) is 24.8. The normalized spacial score (nSPS) is 25.0. The molecule has 3 aliphatic rings. The number of likely N-dealkylation sites (N-methyl/N-ethyl adjacent to an activating group) is 1. The summed E-state index contributed by atoms with van der Waals surface area (Å²) in [5.74, 6) is -6.16. The minimum Gasteiger partial charge on any atom is -0.508 e. The summed E-state index contributed by atoms with van der Waals surface area (Å²) in [5, 5.41) is 45.4. The standard InChI is InChI=1S/C33H38N2O8/c1-5-6-7-8-16-9-12-23(43-4)19(13-16)18-10-11-22(36)25-20(18)14-17-15-21-27(35(2)3)29(38)26(32(34)41)31(40)33(21,42)30(39)24(17)28(25)37/h9-13,17,21,27,36-37,40,42H,5-8,14-15H2,1-4H3,(H2,34,41)/t17-,21-,27?,33-/m1/s1. The Morgan fingerprint density at radius 2 is 1.81 bits per heavy atom. The number of aliphatic hydroxyl groups is 3. The summed E-state index contributed by atoms with van der Waals surface area (Å²) < 4.78 is 5.69. The number of ether oxygens (including phenoxy) is 1. The van der Waals surface area contributed by atoms with E-state index < -0.39 is 58.0 Å². The number of aryl methyl sites for hydroxylation is 1. The van der Waals surface area contributed by atoms with Crippen molar-refractivity contribution < 1.29 is 39.5 Å². The van der Waals surface area contributed by atoms with Gasteiger partial charge in [0.2, 0.25) is 5.78 Å². The number of phenolic OH excluding ortho intramolecular Hbond substituents is 1. The average Bonchev–Trinajstić information content (AvgIpc) is 2.95. The number of methoxy groups -OCH3 is 1. The first-order valence-corrected chi connectivity index (χ1v) is 14.5. The van der Waals surface area contributed by atoms with E-state index in [4.69, 9.17) is 10.5 Å². The number of fused-ring (bicyclic) bond motifs is 3. The Kier molecular flexibility index (Phi) is 7.87. The van der Waals surface area contributed by atoms with Crippen LogP contribution in [0.3, 0.4) is 0 Å². The number of Topliss-reactive ketones (excluding diaryl/α,β-unsaturated/α-hetero) is 2. The van der Waals surface area contributed by atoms with Crippen LogP contribution in [-0.2, 0) is 27.2 Å². The van der Waals surface area contributed by atoms with E-state index in [1.807, 2.05) is 18.2 Å². The SMILES string of the molecule is CCCCCc1ccc(OC)c(-c2ccc(O)c3c2C[C@@H]2C[C@@H]4C(N(C)C)C(=O)C(C(N)=O)=C(O)[C@]4(O)C(=O)C2=C3O)c1. The smallest absolute Gasteiger partial charge is 0.255 e. The van der Waals surface area contributed by atoms with Crippen molar-refractivity contribution in [2.75, 3.05) is 21.2 Å². The predicted octanol–water partition coefficient (Wildman–Crippen LogP) is 3.37. The van der Waals surface area contributed by atoms with Crippen LogP contribution in [0.4, 0.5) is 0 Å². The topological polar surface area (TPSA) is 171 Å². The van der Waals surface area contributed by atoms with E-state index in [-0.39, 0.29) is 29.7 Å². The molecule has 0 bridgehead atoms. The summed E-state index contributed by atoms with van der Waals surface area (Å²) in [6, 6.07) is 8.00. The monoisotopic (exact) mass is 590 g/mol. The number of benzene rings is 2. The second-order valence-corrected chi connectivity index (χ2v) is 11.9. The van der Waals surface area contributed by atoms with E-state index in [0.29, 0.717) is 16.9 Å². The Bertz CT molecular complexity index is 1590. The van der Waals surface area contributed by atoms with E-state index in [2.05, 4.69) is 6.92 Å². The van der Waals surface area contributed by atoms with Gasteiger partial charge in [0.25, 0.3) is 5.91 Å². The van der Waals surface area contributed by atoms with Gasteiger partial charge in [-0.1, -0.05) is 31.9 Å². The van der Waals surface area contributed by atoms with Gasteiger partial charge >= 0.3 is 0 Å². The molecule has 1 saturated carbocycles. The zero-order chi connectivity index (χ0) is 31.4. The Labute approximate surface area is 250 Å². The number of nitrogens with zero attached hydrogens (tertiary/aromatic N) is 1. The third-order valence-electron chi connectivity index (χ3n) is 9.23. The van der Waals surface area contributed by atoms with Crippen LogP contribution >= 0.6 is 0 Å². The molecule has 10 heteroatoms. The molecule has 2 aromatic rings. The lowest BCUT2D eigenvalue weighted by Crippen LogP contribution is -2.65. The maximum absolute atomic E-state index is 14.1. The van der Waals surface area contributed by atoms with Crippen molar-refractivity contribution in [3.63, 3.8) is 0 Å². The number of phenols is 1. The number of rotatable bonds is 8. The van der Waals surface area contributed by atoms with Crippen molar-refractivity contribution in [1.82, 2.24) is 4.90 Å². The highest BCUT2D eigenvalue weighted by Gasteiger charge is 2.64. The maximum Gasteiger partial charge on any atom is 0.255 e. The number of aromatic hydroxyl groups is 1. The summed E-state index contributed by atoms with van der Waals surface area (Å²) >= 11 is 0. The summed E-state index contributed by atoms with van der Waals surface area (Å²) in [5.41, 5.74) is 4.94. The fourth-order valence-electron chi connectivity index (χ4n) is 7.20. The van der Waals surface area contributed by atoms with E-state index in [0.717, 1.165) is 36.8 Å². The van der Waals surface area contributed by atoms with Gasteiger partial charge in [-0.15, -0.1) is 0 Å². The number of carbonyl (C=O) groups is 3. The summed E-state index contributed by atoms with van der Waals surface area (Å²) in [7, 11) is 4.72. The minimum absolute atomic E-state index is 0.0229. The molecule has 0 spiro atoms. The number of primary amides is 1. The summed E-state index contributed by atoms with van der Waals surface area (Å²) in [4.78, 5) is 41.1. The van der Waals surface area contributed by atoms with Crippen LogP contribution in [0.15, 0.2) is 47.2 Å². The lowest BCUT2D eigenvalue weighted by molar-refractivity contribution is -0.153. The maximum atomic E-state index is 14.1. The summed E-state index contributed by atoms with van der Waals surface area (Å²) in [6.07, 6.45) is 4.32. The molecule has 0 aliphatic heterocycles. The number of carbonyl (C=O) groups excluding carboxylic acids is 3. The average molecular weight is 591 g/mol. The van der Waals surface area contributed by atoms with Crippen LogP contribution < -0.4 is 10.5 Å². The van der Waals surface area contributed by atoms with Crippen molar-refractivity contribution in [2.45, 2.75) is 57.1 Å². The molecule has 3 aliphatic carbocycles. The summed E-state index contributed by atoms with van der Waals surface area (Å²) in [6.45, 7) is 2.14. The van der Waals surface area contributed by atoms with Gasteiger partial charge in [0.15, 0.2) is 11.4 Å². The highest BCUT2D eigenvalue weighted by atomic mass is 16.5. The molecule has 228 valence electrons. The molecule has 4 atom stereocenters. The molecule has 1 fully saturated rings. The molecule has 10 nitrogen and oxygen atoms in total. The van der Waals surface area contributed by atoms with Gasteiger partial charge in [-0.05, 0) is 80.6 Å². The van der Waals surface area contributed by atoms with Gasteiger partial charge in [-0.25, -0.2) is 0 Å². The van der Waals surface area contributed by atoms with Crippen LogP contribution in [0.1, 0.15) is 49.3 Å². The molecule has 1 unspecified atom stereocenters. The number of hydrogen-bond donors (Lipinski definition) is 5. The molecular weight excluding hydrogens is 552 g/mol. The molecule has 0 radical (unpaired) electrons. The molecule has 43 heavy (non-hydrogen) atoms. The Morgan fingerprint density at radius 3 is 2.44 bits per heavy atom. The second-order valence-electron chi connectivity index (χ2n) is 11.9. The predicted molar refractivity (Wildman–Crippen MR) is 159 cm³/mol. The Balaban J connectivity index is 1.69. The number of nitrogens with two attached hydrogens (primary N) is 1. The van der Waals surface area contributed by atoms with Crippen molar-refractivity contribution in [3.8, 4) is 22.6 Å². The molecule has 0 heterocycles. The first-order valence-electron chi connectivity index (χ1n) is 14.5. The Morgan fingerprint density at radius 1 is 1.09 bits per heavy atom.